The first-order chi connectivity index (χ1) is 9.17. The van der Waals surface area contributed by atoms with Gasteiger partial charge >= 0.3 is 0 Å². The minimum atomic E-state index is 0.129. The molecule has 1 aromatic rings. The summed E-state index contributed by atoms with van der Waals surface area (Å²) in [4.78, 5) is 4.93. The van der Waals surface area contributed by atoms with Crippen molar-refractivity contribution in [1.82, 2.24) is 0 Å². The lowest BCUT2D eigenvalue weighted by Crippen LogP contribution is -2.34. The molecule has 0 unspecified atom stereocenters. The van der Waals surface area contributed by atoms with Crippen LogP contribution in [-0.2, 0) is 4.74 Å². The van der Waals surface area contributed by atoms with E-state index in [1.807, 2.05) is 11.8 Å². The molecule has 2 aliphatic rings. The summed E-state index contributed by atoms with van der Waals surface area (Å²) in [6.45, 7) is 5.96. The van der Waals surface area contributed by atoms with Gasteiger partial charge < -0.3 is 10.1 Å². The van der Waals surface area contributed by atoms with Gasteiger partial charge in [0.15, 0.2) is 5.17 Å². The average molecular weight is 276 g/mol. The maximum atomic E-state index is 5.44. The Balaban J connectivity index is 1.75. The van der Waals surface area contributed by atoms with Gasteiger partial charge in [0, 0.05) is 24.7 Å². The third-order valence-corrected chi connectivity index (χ3v) is 5.01. The molecule has 0 aliphatic carbocycles. The Morgan fingerprint density at radius 3 is 2.79 bits per heavy atom. The largest absolute Gasteiger partial charge is 0.381 e. The van der Waals surface area contributed by atoms with Crippen molar-refractivity contribution >= 4 is 22.6 Å². The molecular weight excluding hydrogens is 256 g/mol. The van der Waals surface area contributed by atoms with Gasteiger partial charge in [-0.05, 0) is 38.3 Å². The number of ether oxygens (including phenoxy) is 1. The fourth-order valence-corrected chi connectivity index (χ4v) is 3.82. The molecule has 0 radical (unpaired) electrons. The molecule has 3 nitrogen and oxygen atoms in total. The molecule has 4 heteroatoms. The van der Waals surface area contributed by atoms with Crippen LogP contribution in [0.5, 0.6) is 0 Å². The van der Waals surface area contributed by atoms with E-state index in [1.54, 1.807) is 0 Å². The second-order valence-corrected chi connectivity index (χ2v) is 6.45. The molecule has 19 heavy (non-hydrogen) atoms. The number of amidine groups is 1. The molecule has 1 aromatic carbocycles. The van der Waals surface area contributed by atoms with Gasteiger partial charge in [0.25, 0.3) is 0 Å². The van der Waals surface area contributed by atoms with Crippen LogP contribution in [0.1, 0.15) is 24.0 Å². The van der Waals surface area contributed by atoms with Crippen molar-refractivity contribution in [2.24, 2.45) is 4.99 Å². The first kappa shape index (κ1) is 13.0. The van der Waals surface area contributed by atoms with Gasteiger partial charge in [-0.1, -0.05) is 29.5 Å². The predicted octanol–water partition coefficient (Wildman–Crippen LogP) is 3.37. The van der Waals surface area contributed by atoms with E-state index >= 15 is 0 Å². The second kappa shape index (κ2) is 5.17. The molecular formula is C15H20N2OS. The van der Waals surface area contributed by atoms with E-state index < -0.39 is 0 Å². The van der Waals surface area contributed by atoms with Crippen molar-refractivity contribution < 1.29 is 4.74 Å². The highest BCUT2D eigenvalue weighted by Crippen LogP contribution is 2.36. The Morgan fingerprint density at radius 1 is 1.26 bits per heavy atom. The van der Waals surface area contributed by atoms with E-state index in [1.165, 1.54) is 16.8 Å². The van der Waals surface area contributed by atoms with Crippen molar-refractivity contribution in [2.75, 3.05) is 24.3 Å². The number of benzene rings is 1. The lowest BCUT2D eigenvalue weighted by Gasteiger charge is -2.29. The van der Waals surface area contributed by atoms with Crippen molar-refractivity contribution in [3.8, 4) is 0 Å². The number of anilines is 1. The Labute approximate surface area is 118 Å². The number of nitrogens with one attached hydrogen (secondary N) is 1. The highest BCUT2D eigenvalue weighted by Gasteiger charge is 2.37. The molecule has 1 saturated heterocycles. The lowest BCUT2D eigenvalue weighted by atomic mass is 9.93. The number of rotatable bonds is 1. The highest BCUT2D eigenvalue weighted by atomic mass is 32.2. The van der Waals surface area contributed by atoms with Crippen LogP contribution >= 0.6 is 11.8 Å². The first-order valence-corrected chi connectivity index (χ1v) is 7.80. The Hall–Kier alpha value is -1.00. The molecule has 102 valence electrons. The van der Waals surface area contributed by atoms with Gasteiger partial charge in [0.1, 0.15) is 0 Å². The topological polar surface area (TPSA) is 33.6 Å². The first-order valence-electron chi connectivity index (χ1n) is 6.82. The molecule has 1 fully saturated rings. The number of aliphatic imine (C=N–C) groups is 1. The number of nitrogens with zero attached hydrogens (tertiary/aromatic N) is 1. The van der Waals surface area contributed by atoms with Crippen molar-refractivity contribution in [3.63, 3.8) is 0 Å². The van der Waals surface area contributed by atoms with Gasteiger partial charge in [0.05, 0.1) is 5.54 Å². The van der Waals surface area contributed by atoms with Gasteiger partial charge in [-0.15, -0.1) is 0 Å². The second-order valence-electron chi connectivity index (χ2n) is 5.49. The maximum absolute atomic E-state index is 5.44. The highest BCUT2D eigenvalue weighted by molar-refractivity contribution is 8.14. The molecule has 2 aliphatic heterocycles. The van der Waals surface area contributed by atoms with Crippen molar-refractivity contribution in [3.05, 3.63) is 29.3 Å². The standard InChI is InChI=1S/C15H20N2OS/c1-11-3-4-13(12(2)9-11)16-14-17-15(10-19-14)5-7-18-8-6-15/h3-4,9H,5-8,10H2,1-2H3,(H,16,17). The fourth-order valence-electron chi connectivity index (χ4n) is 2.62. The van der Waals surface area contributed by atoms with Crippen LogP contribution in [0.2, 0.25) is 0 Å². The third kappa shape index (κ3) is 2.79. The summed E-state index contributed by atoms with van der Waals surface area (Å²) in [5.74, 6) is 1.09. The van der Waals surface area contributed by atoms with Crippen molar-refractivity contribution in [1.29, 1.82) is 0 Å². The number of hydrogen-bond donors (Lipinski definition) is 1. The summed E-state index contributed by atoms with van der Waals surface area (Å²) in [7, 11) is 0. The van der Waals surface area contributed by atoms with Gasteiger partial charge in [-0.2, -0.15) is 0 Å². The van der Waals surface area contributed by atoms with E-state index in [0.29, 0.717) is 0 Å². The van der Waals surface area contributed by atoms with Crippen LogP contribution in [0.4, 0.5) is 5.69 Å². The SMILES string of the molecule is Cc1ccc(NC2=NC3(CCOCC3)CS2)c(C)c1. The van der Waals surface area contributed by atoms with Crippen LogP contribution < -0.4 is 5.32 Å². The molecule has 3 rings (SSSR count). The number of thioether (sulfide) groups is 1. The smallest absolute Gasteiger partial charge is 0.161 e. The predicted molar refractivity (Wildman–Crippen MR) is 82.2 cm³/mol. The molecule has 1 spiro atoms. The minimum Gasteiger partial charge on any atom is -0.381 e. The van der Waals surface area contributed by atoms with E-state index in [9.17, 15) is 0 Å². The minimum absolute atomic E-state index is 0.129. The van der Waals surface area contributed by atoms with Gasteiger partial charge in [0.2, 0.25) is 0 Å². The van der Waals surface area contributed by atoms with E-state index in [-0.39, 0.29) is 5.54 Å². The van der Waals surface area contributed by atoms with Crippen LogP contribution in [0, 0.1) is 13.8 Å². The third-order valence-electron chi connectivity index (χ3n) is 3.86. The Morgan fingerprint density at radius 2 is 2.05 bits per heavy atom. The molecule has 1 N–H and O–H groups in total. The molecule has 0 saturated carbocycles. The lowest BCUT2D eigenvalue weighted by molar-refractivity contribution is 0.0624. The monoisotopic (exact) mass is 276 g/mol. The van der Waals surface area contributed by atoms with E-state index in [4.69, 9.17) is 9.73 Å². The number of aryl methyl sites for hydroxylation is 2. The molecule has 0 atom stereocenters. The normalized spacial score (nSPS) is 21.5. The summed E-state index contributed by atoms with van der Waals surface area (Å²) in [5, 5.41) is 4.54. The zero-order valence-electron chi connectivity index (χ0n) is 11.5. The van der Waals surface area contributed by atoms with Crippen molar-refractivity contribution in [2.45, 2.75) is 32.2 Å². The zero-order valence-corrected chi connectivity index (χ0v) is 12.3. The summed E-state index contributed by atoms with van der Waals surface area (Å²) in [6.07, 6.45) is 2.11. The zero-order chi connectivity index (χ0) is 13.3. The quantitative estimate of drug-likeness (QED) is 0.854. The molecule has 2 heterocycles. The van der Waals surface area contributed by atoms with Gasteiger partial charge in [-0.3, -0.25) is 4.99 Å². The van der Waals surface area contributed by atoms with Crippen LogP contribution in [0.3, 0.4) is 0 Å². The summed E-state index contributed by atoms with van der Waals surface area (Å²) in [5.41, 5.74) is 3.87. The Kier molecular flexibility index (Phi) is 3.54. The van der Waals surface area contributed by atoms with Gasteiger partial charge in [-0.25, -0.2) is 0 Å². The summed E-state index contributed by atoms with van der Waals surface area (Å²) in [6, 6.07) is 6.48. The van der Waals surface area contributed by atoms with Crippen LogP contribution in [-0.4, -0.2) is 29.7 Å². The molecule has 0 aromatic heterocycles. The summed E-state index contributed by atoms with van der Waals surface area (Å²) >= 11 is 1.84. The number of hydrogen-bond acceptors (Lipinski definition) is 4. The van der Waals surface area contributed by atoms with Crippen LogP contribution in [0.15, 0.2) is 23.2 Å². The maximum Gasteiger partial charge on any atom is 0.161 e. The van der Waals surface area contributed by atoms with Crippen LogP contribution in [0.25, 0.3) is 0 Å². The fraction of sp³-hybridized carbons (Fsp3) is 0.533. The van der Waals surface area contributed by atoms with E-state index in [0.717, 1.165) is 37.0 Å². The molecule has 0 amide bonds. The average Bonchev–Trinajstić information content (AvgIpc) is 2.77. The summed E-state index contributed by atoms with van der Waals surface area (Å²) < 4.78 is 5.44. The van der Waals surface area contributed by atoms with E-state index in [2.05, 4.69) is 37.4 Å². The Bertz CT molecular complexity index is 507. The molecule has 0 bridgehead atoms.